The zero-order valence-electron chi connectivity index (χ0n) is 15.6. The van der Waals surface area contributed by atoms with Gasteiger partial charge in [0.1, 0.15) is 0 Å². The average molecular weight is 425 g/mol. The van der Waals surface area contributed by atoms with E-state index >= 15 is 0 Å². The predicted molar refractivity (Wildman–Crippen MR) is 121 cm³/mol. The minimum Gasteiger partial charge on any atom is -0.389 e. The van der Waals surface area contributed by atoms with Gasteiger partial charge in [0.25, 0.3) is 0 Å². The highest BCUT2D eigenvalue weighted by molar-refractivity contribution is 6.39. The standard InChI is InChI=1S/C23H27Cl2N.ClH/c1-17(26-13-12-18-8-4-2-5-9-18)14-19-15-21(24)23(22(25)16-19)20-10-6-3-7-11-20;/h3,6-7,10-11,15-16,18,26H,1-2,4-5,8-9,12-14H2;1H. The molecule has 2 aromatic rings. The molecule has 0 unspecified atom stereocenters. The van der Waals surface area contributed by atoms with E-state index in [1.807, 2.05) is 42.5 Å². The molecule has 4 heteroatoms. The fraction of sp³-hybridized carbons (Fsp3) is 0.391. The summed E-state index contributed by atoms with van der Waals surface area (Å²) in [6.45, 7) is 5.18. The van der Waals surface area contributed by atoms with E-state index in [9.17, 15) is 0 Å². The summed E-state index contributed by atoms with van der Waals surface area (Å²) in [4.78, 5) is 0. The lowest BCUT2D eigenvalue weighted by atomic mass is 9.87. The highest BCUT2D eigenvalue weighted by Crippen LogP contribution is 2.36. The Bertz CT molecular complexity index is 714. The average Bonchev–Trinajstić information content (AvgIpc) is 2.63. The van der Waals surface area contributed by atoms with Crippen LogP contribution in [0.4, 0.5) is 0 Å². The zero-order chi connectivity index (χ0) is 18.4. The van der Waals surface area contributed by atoms with Crippen molar-refractivity contribution in [1.29, 1.82) is 0 Å². The molecule has 0 spiro atoms. The van der Waals surface area contributed by atoms with Gasteiger partial charge in [-0.05, 0) is 35.6 Å². The largest absolute Gasteiger partial charge is 0.389 e. The van der Waals surface area contributed by atoms with Crippen molar-refractivity contribution in [3.05, 3.63) is 70.3 Å². The fourth-order valence-electron chi connectivity index (χ4n) is 3.85. The van der Waals surface area contributed by atoms with E-state index in [-0.39, 0.29) is 12.4 Å². The van der Waals surface area contributed by atoms with Crippen molar-refractivity contribution in [2.75, 3.05) is 6.54 Å². The smallest absolute Gasteiger partial charge is 0.0502 e. The molecular weight excluding hydrogens is 397 g/mol. The van der Waals surface area contributed by atoms with Gasteiger partial charge in [-0.25, -0.2) is 0 Å². The summed E-state index contributed by atoms with van der Waals surface area (Å²) in [5.74, 6) is 0.887. The summed E-state index contributed by atoms with van der Waals surface area (Å²) in [5.41, 5.74) is 4.06. The number of benzene rings is 2. The molecule has 0 atom stereocenters. The molecule has 3 rings (SSSR count). The van der Waals surface area contributed by atoms with Gasteiger partial charge in [-0.1, -0.05) is 92.2 Å². The van der Waals surface area contributed by atoms with Crippen molar-refractivity contribution < 1.29 is 0 Å². The van der Waals surface area contributed by atoms with E-state index in [1.54, 1.807) is 0 Å². The Labute approximate surface area is 179 Å². The molecule has 0 radical (unpaired) electrons. The molecule has 1 N–H and O–H groups in total. The molecule has 0 amide bonds. The Morgan fingerprint density at radius 3 is 2.26 bits per heavy atom. The lowest BCUT2D eigenvalue weighted by Crippen LogP contribution is -2.19. The second kappa shape index (κ2) is 11.0. The van der Waals surface area contributed by atoms with Gasteiger partial charge in [0.05, 0.1) is 10.0 Å². The van der Waals surface area contributed by atoms with Crippen LogP contribution in [-0.2, 0) is 6.42 Å². The molecule has 0 aromatic heterocycles. The highest BCUT2D eigenvalue weighted by atomic mass is 35.5. The molecule has 0 aliphatic heterocycles. The number of halogens is 3. The molecule has 1 saturated carbocycles. The topological polar surface area (TPSA) is 12.0 Å². The first kappa shape index (κ1) is 22.1. The number of hydrogen-bond donors (Lipinski definition) is 1. The molecule has 0 heterocycles. The lowest BCUT2D eigenvalue weighted by molar-refractivity contribution is 0.337. The Balaban J connectivity index is 0.00000261. The number of rotatable bonds is 7. The third-order valence-electron chi connectivity index (χ3n) is 5.23. The molecule has 1 aliphatic carbocycles. The van der Waals surface area contributed by atoms with Crippen LogP contribution in [0, 0.1) is 5.92 Å². The van der Waals surface area contributed by atoms with Crippen molar-refractivity contribution in [3.63, 3.8) is 0 Å². The van der Waals surface area contributed by atoms with Gasteiger partial charge >= 0.3 is 0 Å². The summed E-state index contributed by atoms with van der Waals surface area (Å²) in [5, 5.41) is 4.86. The third-order valence-corrected chi connectivity index (χ3v) is 5.83. The van der Waals surface area contributed by atoms with Gasteiger partial charge in [-0.15, -0.1) is 12.4 Å². The summed E-state index contributed by atoms with van der Waals surface area (Å²) < 4.78 is 0. The van der Waals surface area contributed by atoms with Crippen LogP contribution in [0.25, 0.3) is 11.1 Å². The summed E-state index contributed by atoms with van der Waals surface area (Å²) in [6.07, 6.45) is 8.98. The first-order valence-corrected chi connectivity index (χ1v) is 10.3. The van der Waals surface area contributed by atoms with Crippen LogP contribution < -0.4 is 5.32 Å². The first-order valence-electron chi connectivity index (χ1n) is 9.58. The minimum atomic E-state index is 0. The van der Waals surface area contributed by atoms with Crippen molar-refractivity contribution in [3.8, 4) is 11.1 Å². The maximum Gasteiger partial charge on any atom is 0.0502 e. The number of hydrogen-bond acceptors (Lipinski definition) is 1. The molecule has 1 aliphatic rings. The van der Waals surface area contributed by atoms with Gasteiger partial charge in [0, 0.05) is 24.2 Å². The second-order valence-corrected chi connectivity index (χ2v) is 8.11. The van der Waals surface area contributed by atoms with Crippen LogP contribution in [0.15, 0.2) is 54.7 Å². The predicted octanol–water partition coefficient (Wildman–Crippen LogP) is 7.70. The van der Waals surface area contributed by atoms with Crippen LogP contribution in [0.3, 0.4) is 0 Å². The quantitative estimate of drug-likeness (QED) is 0.480. The monoisotopic (exact) mass is 423 g/mol. The molecule has 1 fully saturated rings. The van der Waals surface area contributed by atoms with Crippen molar-refractivity contribution >= 4 is 35.6 Å². The summed E-state index contributed by atoms with van der Waals surface area (Å²) in [6, 6.07) is 14.0. The maximum absolute atomic E-state index is 6.52. The Hall–Kier alpha value is -1.15. The summed E-state index contributed by atoms with van der Waals surface area (Å²) >= 11 is 13.0. The number of nitrogens with one attached hydrogen (secondary N) is 1. The van der Waals surface area contributed by atoms with E-state index < -0.39 is 0 Å². The van der Waals surface area contributed by atoms with Crippen LogP contribution in [-0.4, -0.2) is 6.54 Å². The molecule has 146 valence electrons. The normalized spacial score (nSPS) is 14.4. The second-order valence-electron chi connectivity index (χ2n) is 7.30. The van der Waals surface area contributed by atoms with Crippen molar-refractivity contribution in [2.45, 2.75) is 44.9 Å². The van der Waals surface area contributed by atoms with Crippen LogP contribution in [0.5, 0.6) is 0 Å². The van der Waals surface area contributed by atoms with E-state index in [0.717, 1.165) is 41.3 Å². The molecule has 27 heavy (non-hydrogen) atoms. The van der Waals surface area contributed by atoms with Gasteiger partial charge in [-0.3, -0.25) is 0 Å². The van der Waals surface area contributed by atoms with Crippen LogP contribution in [0.1, 0.15) is 44.1 Å². The molecule has 0 saturated heterocycles. The fourth-order valence-corrected chi connectivity index (χ4v) is 4.60. The highest BCUT2D eigenvalue weighted by Gasteiger charge is 2.13. The Morgan fingerprint density at radius 2 is 1.63 bits per heavy atom. The van der Waals surface area contributed by atoms with E-state index in [0.29, 0.717) is 10.0 Å². The van der Waals surface area contributed by atoms with Gasteiger partial charge < -0.3 is 5.32 Å². The Morgan fingerprint density at radius 1 is 1.00 bits per heavy atom. The SMILES string of the molecule is C=C(Cc1cc(Cl)c(-c2ccccc2)c(Cl)c1)NCCC1CCCCC1.Cl. The summed E-state index contributed by atoms with van der Waals surface area (Å²) in [7, 11) is 0. The first-order chi connectivity index (χ1) is 12.6. The van der Waals surface area contributed by atoms with Crippen molar-refractivity contribution in [2.24, 2.45) is 5.92 Å². The Kier molecular flexibility index (Phi) is 9.02. The molecule has 1 nitrogen and oxygen atoms in total. The van der Waals surface area contributed by atoms with Gasteiger partial charge in [0.2, 0.25) is 0 Å². The maximum atomic E-state index is 6.52. The van der Waals surface area contributed by atoms with Crippen LogP contribution >= 0.6 is 35.6 Å². The molecule has 2 aromatic carbocycles. The third kappa shape index (κ3) is 6.45. The van der Waals surface area contributed by atoms with Crippen molar-refractivity contribution in [1.82, 2.24) is 5.32 Å². The minimum absolute atomic E-state index is 0. The number of allylic oxidation sites excluding steroid dienone is 1. The van der Waals surface area contributed by atoms with Crippen LogP contribution in [0.2, 0.25) is 10.0 Å². The lowest BCUT2D eigenvalue weighted by Gasteiger charge is -2.22. The van der Waals surface area contributed by atoms with E-state index in [2.05, 4.69) is 11.9 Å². The zero-order valence-corrected chi connectivity index (χ0v) is 18.0. The van der Waals surface area contributed by atoms with E-state index in [1.165, 1.54) is 38.5 Å². The van der Waals surface area contributed by atoms with Gasteiger partial charge in [0.15, 0.2) is 0 Å². The van der Waals surface area contributed by atoms with E-state index in [4.69, 9.17) is 23.2 Å². The molecule has 0 bridgehead atoms. The molecular formula is C23H28Cl3N. The van der Waals surface area contributed by atoms with Gasteiger partial charge in [-0.2, -0.15) is 0 Å².